The van der Waals surface area contributed by atoms with Crippen molar-refractivity contribution < 1.29 is 9.53 Å². The zero-order chi connectivity index (χ0) is 18.6. The van der Waals surface area contributed by atoms with E-state index in [0.717, 1.165) is 37.7 Å². The summed E-state index contributed by atoms with van der Waals surface area (Å²) in [6.45, 7) is 5.98. The number of nitrogens with one attached hydrogen (secondary N) is 2. The van der Waals surface area contributed by atoms with E-state index in [1.54, 1.807) is 7.05 Å². The first kappa shape index (κ1) is 23.7. The number of likely N-dealkylation sites (N-methyl/N-ethyl adjacent to an activating group) is 1. The van der Waals surface area contributed by atoms with Gasteiger partial charge in [0.05, 0.1) is 6.54 Å². The highest BCUT2D eigenvalue weighted by Gasteiger charge is 2.20. The van der Waals surface area contributed by atoms with E-state index in [2.05, 4.69) is 15.6 Å². The molecule has 0 atom stereocenters. The maximum Gasteiger partial charge on any atom is 0.242 e. The van der Waals surface area contributed by atoms with Gasteiger partial charge in [-0.15, -0.1) is 24.0 Å². The number of rotatable bonds is 11. The third-order valence-electron chi connectivity index (χ3n) is 4.39. The summed E-state index contributed by atoms with van der Waals surface area (Å²) in [7, 11) is 1.71. The van der Waals surface area contributed by atoms with Crippen molar-refractivity contribution in [3.8, 4) is 0 Å². The minimum Gasteiger partial charge on any atom is -0.381 e. The maximum atomic E-state index is 12.4. The smallest absolute Gasteiger partial charge is 0.242 e. The molecular formula is C20H33IN4O2. The van der Waals surface area contributed by atoms with Crippen molar-refractivity contribution in [3.05, 3.63) is 35.9 Å². The number of carbonyl (C=O) groups is 1. The van der Waals surface area contributed by atoms with Gasteiger partial charge in [0.2, 0.25) is 5.91 Å². The lowest BCUT2D eigenvalue weighted by atomic mass is 10.2. The summed E-state index contributed by atoms with van der Waals surface area (Å²) in [5, 5.41) is 6.32. The number of amides is 1. The molecule has 2 N–H and O–H groups in total. The van der Waals surface area contributed by atoms with Gasteiger partial charge < -0.3 is 20.3 Å². The maximum absolute atomic E-state index is 12.4. The van der Waals surface area contributed by atoms with Crippen LogP contribution in [-0.2, 0) is 16.1 Å². The molecule has 0 spiro atoms. The molecule has 152 valence electrons. The zero-order valence-corrected chi connectivity index (χ0v) is 18.8. The number of hydrogen-bond acceptors (Lipinski definition) is 3. The molecule has 0 unspecified atom stereocenters. The number of hydrogen-bond donors (Lipinski definition) is 2. The summed E-state index contributed by atoms with van der Waals surface area (Å²) >= 11 is 0. The monoisotopic (exact) mass is 488 g/mol. The summed E-state index contributed by atoms with van der Waals surface area (Å²) in [6, 6.07) is 10.0. The van der Waals surface area contributed by atoms with Crippen molar-refractivity contribution >= 4 is 35.8 Å². The molecule has 1 amide bonds. The lowest BCUT2D eigenvalue weighted by molar-refractivity contribution is -0.130. The van der Waals surface area contributed by atoms with Crippen molar-refractivity contribution in [2.24, 2.45) is 10.9 Å². The number of ether oxygens (including phenoxy) is 1. The molecule has 27 heavy (non-hydrogen) atoms. The van der Waals surface area contributed by atoms with Crippen LogP contribution < -0.4 is 10.6 Å². The first-order valence-electron chi connectivity index (χ1n) is 9.57. The molecule has 1 aromatic carbocycles. The van der Waals surface area contributed by atoms with Crippen molar-refractivity contribution in [2.45, 2.75) is 32.7 Å². The number of nitrogens with zero attached hydrogens (tertiary/aromatic N) is 2. The zero-order valence-electron chi connectivity index (χ0n) is 16.4. The van der Waals surface area contributed by atoms with Gasteiger partial charge in [0.25, 0.3) is 0 Å². The van der Waals surface area contributed by atoms with Crippen LogP contribution in [0.1, 0.15) is 31.7 Å². The second kappa shape index (κ2) is 13.8. The fraction of sp³-hybridized carbons (Fsp3) is 0.600. The quantitative estimate of drug-likeness (QED) is 0.218. The minimum absolute atomic E-state index is 0. The van der Waals surface area contributed by atoms with Gasteiger partial charge >= 0.3 is 0 Å². The van der Waals surface area contributed by atoms with Gasteiger partial charge in [0.15, 0.2) is 5.96 Å². The van der Waals surface area contributed by atoms with Crippen molar-refractivity contribution in [2.75, 3.05) is 39.9 Å². The molecule has 0 bridgehead atoms. The number of halogens is 1. The second-order valence-electron chi connectivity index (χ2n) is 6.62. The fourth-order valence-electron chi connectivity index (χ4n) is 2.59. The van der Waals surface area contributed by atoms with E-state index >= 15 is 0 Å². The van der Waals surface area contributed by atoms with E-state index in [9.17, 15) is 4.79 Å². The Morgan fingerprint density at radius 2 is 2.00 bits per heavy atom. The Balaban J connectivity index is 0.00000364. The third kappa shape index (κ3) is 9.95. The molecule has 2 rings (SSSR count). The van der Waals surface area contributed by atoms with Crippen LogP contribution in [0.3, 0.4) is 0 Å². The molecule has 6 nitrogen and oxygen atoms in total. The van der Waals surface area contributed by atoms with Crippen LogP contribution in [0.2, 0.25) is 0 Å². The number of benzene rings is 1. The van der Waals surface area contributed by atoms with Crippen molar-refractivity contribution in [1.82, 2.24) is 15.5 Å². The topological polar surface area (TPSA) is 66.0 Å². The molecule has 0 aliphatic heterocycles. The Morgan fingerprint density at radius 1 is 1.26 bits per heavy atom. The number of guanidine groups is 1. The molecule has 1 saturated carbocycles. The Hall–Kier alpha value is -1.35. The largest absolute Gasteiger partial charge is 0.381 e. The van der Waals surface area contributed by atoms with Gasteiger partial charge in [-0.1, -0.05) is 30.3 Å². The van der Waals surface area contributed by atoms with Crippen LogP contribution in [0.5, 0.6) is 0 Å². The van der Waals surface area contributed by atoms with Crippen LogP contribution in [0, 0.1) is 5.92 Å². The Kier molecular flexibility index (Phi) is 12.1. The normalized spacial score (nSPS) is 13.6. The molecule has 1 aliphatic rings. The second-order valence-corrected chi connectivity index (χ2v) is 6.62. The summed E-state index contributed by atoms with van der Waals surface area (Å²) in [5.41, 5.74) is 1.14. The standard InChI is InChI=1S/C20H32N4O2.HI/c1-3-24(15-17-8-5-4-6-9-17)19(25)14-23-20(21-2)22-12-7-13-26-16-18-10-11-18;/h4-6,8-9,18H,3,7,10-16H2,1-2H3,(H2,21,22,23);1H. The van der Waals surface area contributed by atoms with Gasteiger partial charge in [0, 0.05) is 39.9 Å². The Labute approximate surface area is 180 Å². The van der Waals surface area contributed by atoms with Crippen LogP contribution >= 0.6 is 24.0 Å². The molecular weight excluding hydrogens is 455 g/mol. The lowest BCUT2D eigenvalue weighted by Gasteiger charge is -2.22. The highest BCUT2D eigenvalue weighted by molar-refractivity contribution is 14.0. The molecule has 1 fully saturated rings. The predicted molar refractivity (Wildman–Crippen MR) is 120 cm³/mol. The molecule has 0 saturated heterocycles. The van der Waals surface area contributed by atoms with Crippen LogP contribution in [0.4, 0.5) is 0 Å². The molecule has 7 heteroatoms. The van der Waals surface area contributed by atoms with E-state index in [1.165, 1.54) is 12.8 Å². The Bertz CT molecular complexity index is 564. The van der Waals surface area contributed by atoms with E-state index in [0.29, 0.717) is 19.0 Å². The van der Waals surface area contributed by atoms with Gasteiger partial charge in [0.1, 0.15) is 0 Å². The van der Waals surface area contributed by atoms with Gasteiger partial charge in [-0.25, -0.2) is 0 Å². The summed E-state index contributed by atoms with van der Waals surface area (Å²) in [6.07, 6.45) is 3.57. The summed E-state index contributed by atoms with van der Waals surface area (Å²) in [4.78, 5) is 18.4. The third-order valence-corrected chi connectivity index (χ3v) is 4.39. The average molecular weight is 488 g/mol. The molecule has 0 aromatic heterocycles. The molecule has 0 radical (unpaired) electrons. The van der Waals surface area contributed by atoms with Crippen LogP contribution in [-0.4, -0.2) is 56.7 Å². The van der Waals surface area contributed by atoms with Gasteiger partial charge in [-0.2, -0.15) is 0 Å². The van der Waals surface area contributed by atoms with E-state index < -0.39 is 0 Å². The highest BCUT2D eigenvalue weighted by atomic mass is 127. The predicted octanol–water partition coefficient (Wildman–Crippen LogP) is 2.63. The number of aliphatic imine (C=N–C) groups is 1. The van der Waals surface area contributed by atoms with E-state index in [1.807, 2.05) is 42.2 Å². The minimum atomic E-state index is 0. The Morgan fingerprint density at radius 3 is 2.63 bits per heavy atom. The first-order chi connectivity index (χ1) is 12.7. The molecule has 1 aliphatic carbocycles. The van der Waals surface area contributed by atoms with Gasteiger partial charge in [-0.05, 0) is 37.7 Å². The van der Waals surface area contributed by atoms with Crippen LogP contribution in [0.25, 0.3) is 0 Å². The average Bonchev–Trinajstić information content (AvgIpc) is 3.50. The fourth-order valence-corrected chi connectivity index (χ4v) is 2.59. The van der Waals surface area contributed by atoms with E-state index in [4.69, 9.17) is 4.74 Å². The summed E-state index contributed by atoms with van der Waals surface area (Å²) in [5.74, 6) is 1.52. The molecule has 0 heterocycles. The lowest BCUT2D eigenvalue weighted by Crippen LogP contribution is -2.44. The SMILES string of the molecule is CCN(Cc1ccccc1)C(=O)CNC(=NC)NCCCOCC1CC1.I. The van der Waals surface area contributed by atoms with Crippen LogP contribution in [0.15, 0.2) is 35.3 Å². The van der Waals surface area contributed by atoms with E-state index in [-0.39, 0.29) is 36.4 Å². The van der Waals surface area contributed by atoms with Gasteiger partial charge in [-0.3, -0.25) is 9.79 Å². The number of carbonyl (C=O) groups excluding carboxylic acids is 1. The first-order valence-corrected chi connectivity index (χ1v) is 9.57. The van der Waals surface area contributed by atoms with Crippen molar-refractivity contribution in [1.29, 1.82) is 0 Å². The highest BCUT2D eigenvalue weighted by Crippen LogP contribution is 2.28. The van der Waals surface area contributed by atoms with Crippen molar-refractivity contribution in [3.63, 3.8) is 0 Å². The molecule has 1 aromatic rings. The summed E-state index contributed by atoms with van der Waals surface area (Å²) < 4.78 is 5.61.